The van der Waals surface area contributed by atoms with E-state index in [4.69, 9.17) is 4.98 Å². The quantitative estimate of drug-likeness (QED) is 0.890. The fourth-order valence-corrected chi connectivity index (χ4v) is 3.54. The third-order valence-corrected chi connectivity index (χ3v) is 4.75. The van der Waals surface area contributed by atoms with Crippen molar-refractivity contribution in [3.05, 3.63) is 36.5 Å². The number of piperidine rings is 1. The number of hydrogen-bond donors (Lipinski definition) is 2. The van der Waals surface area contributed by atoms with E-state index in [1.807, 2.05) is 6.07 Å². The summed E-state index contributed by atoms with van der Waals surface area (Å²) in [7, 11) is 0. The number of imidazole rings is 1. The fourth-order valence-electron chi connectivity index (χ4n) is 3.54. The predicted molar refractivity (Wildman–Crippen MR) is 85.3 cm³/mol. The van der Waals surface area contributed by atoms with Crippen LogP contribution in [0.15, 0.2) is 36.5 Å². The van der Waals surface area contributed by atoms with Crippen LogP contribution in [-0.4, -0.2) is 28.7 Å². The van der Waals surface area contributed by atoms with Crippen LogP contribution in [0, 0.1) is 5.92 Å². The average Bonchev–Trinajstić information content (AvgIpc) is 2.99. The van der Waals surface area contributed by atoms with Crippen LogP contribution >= 0.6 is 0 Å². The molecular formula is C17H22N4. The highest BCUT2D eigenvalue weighted by molar-refractivity contribution is 5.60. The second kappa shape index (κ2) is 5.53. The standard InChI is InChI=1S/C17H22N4/c1-2-5-13(6-3-1)16-12-21-10-8-15(19-17(21)20-16)14-7-4-9-18-11-14/h1-3,5-6,12,14-15,18H,4,7-11H2,(H,19,20). The number of fused-ring (bicyclic) bond motifs is 1. The van der Waals surface area contributed by atoms with Crippen LogP contribution in [0.4, 0.5) is 5.95 Å². The van der Waals surface area contributed by atoms with E-state index in [9.17, 15) is 0 Å². The highest BCUT2D eigenvalue weighted by atomic mass is 15.2. The van der Waals surface area contributed by atoms with Gasteiger partial charge in [-0.2, -0.15) is 0 Å². The Hall–Kier alpha value is -1.81. The summed E-state index contributed by atoms with van der Waals surface area (Å²) in [5.41, 5.74) is 2.26. The van der Waals surface area contributed by atoms with Gasteiger partial charge in [-0.3, -0.25) is 0 Å². The van der Waals surface area contributed by atoms with Crippen molar-refractivity contribution in [1.82, 2.24) is 14.9 Å². The minimum absolute atomic E-state index is 0.566. The molecule has 21 heavy (non-hydrogen) atoms. The molecular weight excluding hydrogens is 260 g/mol. The zero-order chi connectivity index (χ0) is 14.1. The molecule has 0 bridgehead atoms. The molecule has 4 rings (SSSR count). The molecule has 0 aliphatic carbocycles. The first-order valence-electron chi connectivity index (χ1n) is 8.00. The molecule has 3 heterocycles. The Morgan fingerprint density at radius 2 is 2.05 bits per heavy atom. The van der Waals surface area contributed by atoms with Crippen LogP contribution in [0.1, 0.15) is 19.3 Å². The Morgan fingerprint density at radius 3 is 2.86 bits per heavy atom. The third kappa shape index (κ3) is 2.56. The van der Waals surface area contributed by atoms with Crippen molar-refractivity contribution in [2.45, 2.75) is 31.8 Å². The Labute approximate surface area is 125 Å². The molecule has 1 fully saturated rings. The van der Waals surface area contributed by atoms with Gasteiger partial charge in [-0.25, -0.2) is 4.98 Å². The number of anilines is 1. The molecule has 0 amide bonds. The maximum absolute atomic E-state index is 4.80. The van der Waals surface area contributed by atoms with Gasteiger partial charge in [-0.15, -0.1) is 0 Å². The lowest BCUT2D eigenvalue weighted by Gasteiger charge is -2.34. The summed E-state index contributed by atoms with van der Waals surface area (Å²) in [6.45, 7) is 3.39. The largest absolute Gasteiger partial charge is 0.353 e. The van der Waals surface area contributed by atoms with Crippen molar-refractivity contribution < 1.29 is 0 Å². The summed E-state index contributed by atoms with van der Waals surface area (Å²) in [5, 5.41) is 7.19. The van der Waals surface area contributed by atoms with Gasteiger partial charge in [0.05, 0.1) is 5.69 Å². The first-order chi connectivity index (χ1) is 10.4. The summed E-state index contributed by atoms with van der Waals surface area (Å²) >= 11 is 0. The molecule has 110 valence electrons. The number of nitrogens with one attached hydrogen (secondary N) is 2. The Balaban J connectivity index is 1.54. The third-order valence-electron chi connectivity index (χ3n) is 4.75. The highest BCUT2D eigenvalue weighted by Gasteiger charge is 2.28. The summed E-state index contributed by atoms with van der Waals surface area (Å²) in [6.07, 6.45) is 6.00. The van der Waals surface area contributed by atoms with Crippen LogP contribution in [0.5, 0.6) is 0 Å². The molecule has 4 heteroatoms. The van der Waals surface area contributed by atoms with E-state index in [-0.39, 0.29) is 0 Å². The van der Waals surface area contributed by atoms with Crippen LogP contribution in [0.3, 0.4) is 0 Å². The van der Waals surface area contributed by atoms with E-state index in [0.29, 0.717) is 6.04 Å². The van der Waals surface area contributed by atoms with Gasteiger partial charge in [0.1, 0.15) is 0 Å². The molecule has 1 aromatic heterocycles. The van der Waals surface area contributed by atoms with E-state index >= 15 is 0 Å². The van der Waals surface area contributed by atoms with E-state index in [2.05, 4.69) is 45.7 Å². The lowest BCUT2D eigenvalue weighted by molar-refractivity contribution is 0.308. The van der Waals surface area contributed by atoms with Gasteiger partial charge in [0.25, 0.3) is 0 Å². The zero-order valence-corrected chi connectivity index (χ0v) is 12.3. The number of hydrogen-bond acceptors (Lipinski definition) is 3. The topological polar surface area (TPSA) is 41.9 Å². The molecule has 1 aromatic carbocycles. The number of aryl methyl sites for hydroxylation is 1. The van der Waals surface area contributed by atoms with Gasteiger partial charge in [0.2, 0.25) is 5.95 Å². The molecule has 2 unspecified atom stereocenters. The minimum Gasteiger partial charge on any atom is -0.353 e. The fraction of sp³-hybridized carbons (Fsp3) is 0.471. The van der Waals surface area contributed by atoms with Crippen molar-refractivity contribution in [3.8, 4) is 11.3 Å². The van der Waals surface area contributed by atoms with Gasteiger partial charge < -0.3 is 15.2 Å². The Bertz CT molecular complexity index is 599. The average molecular weight is 282 g/mol. The zero-order valence-electron chi connectivity index (χ0n) is 12.3. The first kappa shape index (κ1) is 12.9. The molecule has 0 saturated carbocycles. The van der Waals surface area contributed by atoms with Crippen molar-refractivity contribution in [1.29, 1.82) is 0 Å². The number of benzene rings is 1. The lowest BCUT2D eigenvalue weighted by atomic mass is 9.89. The van der Waals surface area contributed by atoms with Gasteiger partial charge in [0.15, 0.2) is 0 Å². The van der Waals surface area contributed by atoms with Crippen LogP contribution in [0.25, 0.3) is 11.3 Å². The van der Waals surface area contributed by atoms with Crippen molar-refractivity contribution in [3.63, 3.8) is 0 Å². The molecule has 2 aliphatic rings. The SMILES string of the molecule is c1ccc(-c2cn3c(n2)NC(C2CCCNC2)CC3)cc1. The monoisotopic (exact) mass is 282 g/mol. The van der Waals surface area contributed by atoms with Crippen molar-refractivity contribution >= 4 is 5.95 Å². The maximum Gasteiger partial charge on any atom is 0.203 e. The Morgan fingerprint density at radius 1 is 1.14 bits per heavy atom. The van der Waals surface area contributed by atoms with Gasteiger partial charge in [-0.1, -0.05) is 30.3 Å². The van der Waals surface area contributed by atoms with E-state index in [1.54, 1.807) is 0 Å². The summed E-state index contributed by atoms with van der Waals surface area (Å²) < 4.78 is 2.26. The molecule has 0 radical (unpaired) electrons. The van der Waals surface area contributed by atoms with Crippen LogP contribution in [-0.2, 0) is 6.54 Å². The summed E-state index contributed by atoms with van der Waals surface area (Å²) in [5.74, 6) is 1.78. The molecule has 2 aromatic rings. The van der Waals surface area contributed by atoms with E-state index in [0.717, 1.165) is 30.6 Å². The van der Waals surface area contributed by atoms with Crippen LogP contribution < -0.4 is 10.6 Å². The van der Waals surface area contributed by atoms with E-state index in [1.165, 1.54) is 31.4 Å². The Kier molecular flexibility index (Phi) is 3.39. The van der Waals surface area contributed by atoms with Crippen molar-refractivity contribution in [2.24, 2.45) is 5.92 Å². The molecule has 0 spiro atoms. The van der Waals surface area contributed by atoms with Gasteiger partial charge >= 0.3 is 0 Å². The number of rotatable bonds is 2. The lowest BCUT2D eigenvalue weighted by Crippen LogP contribution is -2.43. The molecule has 2 aliphatic heterocycles. The minimum atomic E-state index is 0.566. The highest BCUT2D eigenvalue weighted by Crippen LogP contribution is 2.28. The smallest absolute Gasteiger partial charge is 0.203 e. The normalized spacial score (nSPS) is 25.1. The second-order valence-corrected chi connectivity index (χ2v) is 6.16. The van der Waals surface area contributed by atoms with Gasteiger partial charge in [-0.05, 0) is 38.3 Å². The van der Waals surface area contributed by atoms with Crippen LogP contribution in [0.2, 0.25) is 0 Å². The predicted octanol–water partition coefficient (Wildman–Crippen LogP) is 2.73. The van der Waals surface area contributed by atoms with E-state index < -0.39 is 0 Å². The van der Waals surface area contributed by atoms with Gasteiger partial charge in [0, 0.05) is 24.3 Å². The molecule has 4 nitrogen and oxygen atoms in total. The number of nitrogens with zero attached hydrogens (tertiary/aromatic N) is 2. The molecule has 2 atom stereocenters. The summed E-state index contributed by atoms with van der Waals surface area (Å²) in [4.78, 5) is 4.80. The molecule has 1 saturated heterocycles. The molecule has 2 N–H and O–H groups in total. The van der Waals surface area contributed by atoms with Crippen molar-refractivity contribution in [2.75, 3.05) is 18.4 Å². The summed E-state index contributed by atoms with van der Waals surface area (Å²) in [6, 6.07) is 11.0. The maximum atomic E-state index is 4.80. The second-order valence-electron chi connectivity index (χ2n) is 6.16. The number of aromatic nitrogens is 2. The first-order valence-corrected chi connectivity index (χ1v) is 8.00.